The van der Waals surface area contributed by atoms with Gasteiger partial charge in [0.2, 0.25) is 0 Å². The minimum atomic E-state index is -0.399. The van der Waals surface area contributed by atoms with Crippen LogP contribution in [0, 0.1) is 0 Å². The van der Waals surface area contributed by atoms with Crippen LogP contribution in [0.3, 0.4) is 0 Å². The fourth-order valence-corrected chi connectivity index (χ4v) is 4.65. The van der Waals surface area contributed by atoms with Crippen molar-refractivity contribution in [3.63, 3.8) is 0 Å². The lowest BCUT2D eigenvalue weighted by molar-refractivity contribution is -0.147. The molecule has 1 saturated carbocycles. The van der Waals surface area contributed by atoms with Gasteiger partial charge in [-0.1, -0.05) is 88.1 Å². The van der Waals surface area contributed by atoms with Crippen molar-refractivity contribution in [2.75, 3.05) is 26.2 Å². The largest absolute Gasteiger partial charge is 0.345 e. The second kappa shape index (κ2) is 12.7. The number of rotatable bonds is 3. The molecule has 3 rings (SSSR count). The molecule has 2 amide bonds. The lowest BCUT2D eigenvalue weighted by Crippen LogP contribution is -2.53. The van der Waals surface area contributed by atoms with Crippen LogP contribution >= 0.6 is 0 Å². The summed E-state index contributed by atoms with van der Waals surface area (Å²) < 4.78 is 0. The summed E-state index contributed by atoms with van der Waals surface area (Å²) in [6.45, 7) is 3.79. The first-order valence-electron chi connectivity index (χ1n) is 12.1. The van der Waals surface area contributed by atoms with E-state index in [9.17, 15) is 9.59 Å². The number of carbonyl (C=O) groups is 2. The second-order valence-corrected chi connectivity index (χ2v) is 8.98. The Morgan fingerprint density at radius 1 is 0.767 bits per heavy atom. The molecule has 0 bridgehead atoms. The number of nitrogens with zero attached hydrogens (tertiary/aromatic N) is 2. The smallest absolute Gasteiger partial charge is 0.311 e. The second-order valence-electron chi connectivity index (χ2n) is 8.98. The van der Waals surface area contributed by atoms with Crippen molar-refractivity contribution >= 4 is 11.8 Å². The van der Waals surface area contributed by atoms with Gasteiger partial charge in [0.25, 0.3) is 0 Å². The third kappa shape index (κ3) is 7.75. The van der Waals surface area contributed by atoms with E-state index in [2.05, 4.69) is 34.5 Å². The average Bonchev–Trinajstić information content (AvgIpc) is 2.76. The van der Waals surface area contributed by atoms with Crippen molar-refractivity contribution in [3.8, 4) is 0 Å². The van der Waals surface area contributed by atoms with Gasteiger partial charge in [-0.15, -0.1) is 0 Å². The van der Waals surface area contributed by atoms with Crippen LogP contribution < -0.4 is 5.32 Å². The predicted octanol–water partition coefficient (Wildman–Crippen LogP) is 4.12. The van der Waals surface area contributed by atoms with Crippen LogP contribution in [0.15, 0.2) is 30.3 Å². The Balaban J connectivity index is 1.42. The molecule has 0 spiro atoms. The van der Waals surface area contributed by atoms with E-state index in [4.69, 9.17) is 0 Å². The maximum absolute atomic E-state index is 12.7. The molecule has 0 radical (unpaired) electrons. The van der Waals surface area contributed by atoms with Crippen molar-refractivity contribution in [1.82, 2.24) is 15.1 Å². The number of carbonyl (C=O) groups excluding carboxylic acids is 2. The topological polar surface area (TPSA) is 52.7 Å². The van der Waals surface area contributed by atoms with E-state index in [0.717, 1.165) is 45.3 Å². The Kier molecular flexibility index (Phi) is 9.68. The molecule has 1 N–H and O–H groups in total. The maximum Gasteiger partial charge on any atom is 0.311 e. The number of hydrogen-bond acceptors (Lipinski definition) is 3. The molecule has 1 saturated heterocycles. The fourth-order valence-electron chi connectivity index (χ4n) is 4.65. The third-order valence-electron chi connectivity index (χ3n) is 6.54. The van der Waals surface area contributed by atoms with Crippen LogP contribution in [0.5, 0.6) is 0 Å². The zero-order valence-electron chi connectivity index (χ0n) is 18.5. The minimum absolute atomic E-state index is 0.153. The normalized spacial score (nSPS) is 20.7. The number of benzene rings is 1. The van der Waals surface area contributed by atoms with E-state index in [1.54, 1.807) is 4.90 Å². The van der Waals surface area contributed by atoms with E-state index < -0.39 is 5.91 Å². The molecular weight excluding hydrogens is 374 g/mol. The molecule has 30 heavy (non-hydrogen) atoms. The van der Waals surface area contributed by atoms with E-state index in [-0.39, 0.29) is 11.9 Å². The van der Waals surface area contributed by atoms with Crippen molar-refractivity contribution in [1.29, 1.82) is 0 Å². The Morgan fingerprint density at radius 2 is 1.30 bits per heavy atom. The Bertz CT molecular complexity index is 629. The molecule has 1 heterocycles. The van der Waals surface area contributed by atoms with Crippen molar-refractivity contribution < 1.29 is 9.59 Å². The van der Waals surface area contributed by atoms with Crippen molar-refractivity contribution in [3.05, 3.63) is 35.9 Å². The Morgan fingerprint density at radius 3 is 1.87 bits per heavy atom. The summed E-state index contributed by atoms with van der Waals surface area (Å²) in [6.07, 6.45) is 13.4. The van der Waals surface area contributed by atoms with Gasteiger partial charge in [-0.3, -0.25) is 14.5 Å². The molecule has 0 aromatic heterocycles. The first-order valence-corrected chi connectivity index (χ1v) is 12.1. The first-order chi connectivity index (χ1) is 14.7. The molecule has 1 aromatic carbocycles. The summed E-state index contributed by atoms with van der Waals surface area (Å²) >= 11 is 0. The highest BCUT2D eigenvalue weighted by molar-refractivity contribution is 6.35. The van der Waals surface area contributed by atoms with Crippen LogP contribution in [0.25, 0.3) is 0 Å². The molecule has 2 aliphatic rings. The summed E-state index contributed by atoms with van der Waals surface area (Å²) in [4.78, 5) is 29.4. The van der Waals surface area contributed by atoms with Crippen LogP contribution in [-0.2, 0) is 16.1 Å². The summed E-state index contributed by atoms with van der Waals surface area (Å²) in [5.41, 5.74) is 1.29. The van der Waals surface area contributed by atoms with Gasteiger partial charge in [0, 0.05) is 38.8 Å². The molecule has 2 fully saturated rings. The van der Waals surface area contributed by atoms with E-state index >= 15 is 0 Å². The SMILES string of the molecule is O=C(NC1CCCCCCCCCCC1)C(=O)N1CCN(Cc2ccccc2)CC1. The number of hydrogen-bond donors (Lipinski definition) is 1. The van der Waals surface area contributed by atoms with Gasteiger partial charge in [-0.05, 0) is 18.4 Å². The molecule has 1 aliphatic heterocycles. The maximum atomic E-state index is 12.7. The molecule has 1 aromatic rings. The highest BCUT2D eigenvalue weighted by Gasteiger charge is 2.27. The average molecular weight is 414 g/mol. The monoisotopic (exact) mass is 413 g/mol. The standard InChI is InChI=1S/C25H39N3O2/c29-24(26-23-15-11-6-4-2-1-3-5-7-12-16-23)25(30)28-19-17-27(18-20-28)21-22-13-9-8-10-14-22/h8-10,13-14,23H,1-7,11-12,15-21H2,(H,26,29). The Hall–Kier alpha value is -1.88. The summed E-state index contributed by atoms with van der Waals surface area (Å²) in [6, 6.07) is 10.6. The lowest BCUT2D eigenvalue weighted by Gasteiger charge is -2.34. The van der Waals surface area contributed by atoms with Gasteiger partial charge < -0.3 is 10.2 Å². The molecule has 0 atom stereocenters. The van der Waals surface area contributed by atoms with Crippen LogP contribution in [0.1, 0.15) is 76.2 Å². The highest BCUT2D eigenvalue weighted by atomic mass is 16.2. The molecular formula is C25H39N3O2. The number of piperazine rings is 1. The molecule has 5 nitrogen and oxygen atoms in total. The van der Waals surface area contributed by atoms with E-state index in [0.29, 0.717) is 13.1 Å². The first kappa shape index (κ1) is 22.8. The van der Waals surface area contributed by atoms with Gasteiger partial charge in [-0.2, -0.15) is 0 Å². The zero-order valence-corrected chi connectivity index (χ0v) is 18.5. The van der Waals surface area contributed by atoms with Crippen molar-refractivity contribution in [2.24, 2.45) is 0 Å². The van der Waals surface area contributed by atoms with Crippen LogP contribution in [-0.4, -0.2) is 53.8 Å². The van der Waals surface area contributed by atoms with E-state index in [1.807, 2.05) is 6.07 Å². The van der Waals surface area contributed by atoms with Crippen LogP contribution in [0.2, 0.25) is 0 Å². The summed E-state index contributed by atoms with van der Waals surface area (Å²) in [5, 5.41) is 3.08. The van der Waals surface area contributed by atoms with E-state index in [1.165, 1.54) is 50.5 Å². The van der Waals surface area contributed by atoms with Gasteiger partial charge >= 0.3 is 11.8 Å². The third-order valence-corrected chi connectivity index (χ3v) is 6.54. The van der Waals surface area contributed by atoms with Crippen molar-refractivity contribution in [2.45, 2.75) is 83.2 Å². The van der Waals surface area contributed by atoms with Gasteiger partial charge in [0.05, 0.1) is 0 Å². The van der Waals surface area contributed by atoms with Gasteiger partial charge in [-0.25, -0.2) is 0 Å². The predicted molar refractivity (Wildman–Crippen MR) is 121 cm³/mol. The lowest BCUT2D eigenvalue weighted by atomic mass is 9.98. The van der Waals surface area contributed by atoms with Gasteiger partial charge in [0.1, 0.15) is 0 Å². The van der Waals surface area contributed by atoms with Crippen LogP contribution in [0.4, 0.5) is 0 Å². The quantitative estimate of drug-likeness (QED) is 0.759. The van der Waals surface area contributed by atoms with Gasteiger partial charge in [0.15, 0.2) is 0 Å². The molecule has 166 valence electrons. The Labute approximate surface area is 182 Å². The minimum Gasteiger partial charge on any atom is -0.345 e. The zero-order chi connectivity index (χ0) is 21.0. The highest BCUT2D eigenvalue weighted by Crippen LogP contribution is 2.17. The summed E-state index contributed by atoms with van der Waals surface area (Å²) in [7, 11) is 0. The summed E-state index contributed by atoms with van der Waals surface area (Å²) in [5.74, 6) is -0.746. The number of amides is 2. The number of nitrogens with one attached hydrogen (secondary N) is 1. The molecule has 0 unspecified atom stereocenters. The fraction of sp³-hybridized carbons (Fsp3) is 0.680. The molecule has 5 heteroatoms. The molecule has 1 aliphatic carbocycles.